The average Bonchev–Trinajstić information content (AvgIpc) is 3.58. The number of carboxylic acid groups (broad SMARTS) is 1. The molecule has 3 rings (SSSR count). The third kappa shape index (κ3) is 24.0. The maximum Gasteiger partial charge on any atom is 0.333 e. The maximum atomic E-state index is 14.3. The van der Waals surface area contributed by atoms with E-state index >= 15 is 0 Å². The van der Waals surface area contributed by atoms with Gasteiger partial charge in [-0.1, -0.05) is 54.5 Å². The van der Waals surface area contributed by atoms with E-state index in [1.165, 1.54) is 20.2 Å². The number of benzene rings is 1. The molecule has 15 atom stereocenters. The van der Waals surface area contributed by atoms with Gasteiger partial charge in [-0.3, -0.25) is 14.6 Å². The van der Waals surface area contributed by atoms with Crippen molar-refractivity contribution in [2.24, 2.45) is 17.8 Å². The molecular formula is C60H110N4O16. The lowest BCUT2D eigenvalue weighted by atomic mass is 9.78. The number of hydrogen-bond acceptors (Lipinski definition) is 19. The highest BCUT2D eigenvalue weighted by Gasteiger charge is 2.49. The van der Waals surface area contributed by atoms with E-state index in [2.05, 4.69) is 17.3 Å². The smallest absolute Gasteiger partial charge is 0.333 e. The van der Waals surface area contributed by atoms with Crippen molar-refractivity contribution in [2.75, 3.05) is 74.2 Å². The zero-order chi connectivity index (χ0) is 61.7. The minimum Gasteiger partial charge on any atom is -0.478 e. The van der Waals surface area contributed by atoms with Gasteiger partial charge in [-0.25, -0.2) is 9.80 Å². The molecule has 0 spiro atoms. The van der Waals surface area contributed by atoms with Gasteiger partial charge in [0.2, 0.25) is 0 Å². The second kappa shape index (κ2) is 39.1. The standard InChI is InChI=1S/C55H93N3O15.C2H7N.C2H6.CH4O/c1-16-46(62)55(11,66)47(17-2)71-52(65)37(7)49(36(6)50(54(10,67-15)31-34(4)33-59)73-53-44(60)25-22-35(5)69-53)72-48(18-3)70-39(9)38(8)68-28-20-27-57(14)26-19-21-40-23-24-43-42(29-40)45(61)30-41(51(63)64)32-58(43)56(12)13;1-3-2;2*1-2/h23-24,29,32-39,44,46-50,53,60,62,66H,16-22,25-28,30-31H2,1-15H3,(H,63,64);3H,1-2H3;1-2H3;2H,1H3/t34-,35-,36+,37?,38-,39?,44?,46-,47-,48+,49+,50-,53+,54?,55+;;;/m1.../s1. The van der Waals surface area contributed by atoms with Gasteiger partial charge in [0, 0.05) is 71.5 Å². The monoisotopic (exact) mass is 1140 g/mol. The largest absolute Gasteiger partial charge is 0.478 e. The lowest BCUT2D eigenvalue weighted by Gasteiger charge is -2.47. The van der Waals surface area contributed by atoms with E-state index in [4.69, 9.17) is 38.3 Å². The number of carboxylic acids is 1. The van der Waals surface area contributed by atoms with Crippen LogP contribution in [-0.2, 0) is 54.0 Å². The highest BCUT2D eigenvalue weighted by Crippen LogP contribution is 2.39. The number of ketones is 1. The number of ether oxygens (including phenoxy) is 7. The van der Waals surface area contributed by atoms with Crippen molar-refractivity contribution in [1.82, 2.24) is 15.2 Å². The fourth-order valence-electron chi connectivity index (χ4n) is 9.83. The Bertz CT molecular complexity index is 1940. The second-order valence-electron chi connectivity index (χ2n) is 21.7. The summed E-state index contributed by atoms with van der Waals surface area (Å²) in [5.74, 6) is -4.13. The molecule has 0 amide bonds. The molecule has 1 saturated heterocycles. The van der Waals surface area contributed by atoms with Gasteiger partial charge < -0.3 is 73.7 Å². The Morgan fingerprint density at radius 3 is 2.10 bits per heavy atom. The van der Waals surface area contributed by atoms with Gasteiger partial charge in [0.05, 0.1) is 59.4 Å². The van der Waals surface area contributed by atoms with Crippen LogP contribution in [0.4, 0.5) is 5.69 Å². The molecule has 2 heterocycles. The Morgan fingerprint density at radius 2 is 1.56 bits per heavy atom. The van der Waals surface area contributed by atoms with E-state index in [-0.39, 0.29) is 49.2 Å². The first-order chi connectivity index (χ1) is 37.7. The number of methoxy groups -OCH3 is 1. The van der Waals surface area contributed by atoms with Crippen LogP contribution in [0, 0.1) is 17.8 Å². The number of aldehydes is 1. The van der Waals surface area contributed by atoms with Crippen molar-refractivity contribution in [2.45, 2.75) is 227 Å². The molecule has 20 nitrogen and oxygen atoms in total. The number of aliphatic carboxylic acids is 1. The van der Waals surface area contributed by atoms with Crippen molar-refractivity contribution in [3.05, 3.63) is 41.1 Å². The zero-order valence-electron chi connectivity index (χ0n) is 52.7. The fraction of sp³-hybridized carbons (Fsp3) is 0.800. The first kappa shape index (κ1) is 76.5. The van der Waals surface area contributed by atoms with E-state index < -0.39 is 90.1 Å². The number of carbonyl (C=O) groups is 4. The number of aryl methyl sites for hydroxylation is 1. The molecule has 1 aromatic carbocycles. The minimum absolute atomic E-state index is 0.0372. The van der Waals surface area contributed by atoms with Gasteiger partial charge >= 0.3 is 11.9 Å². The Balaban J connectivity index is 0.00000851. The molecule has 0 aromatic heterocycles. The number of hydrazine groups is 1. The summed E-state index contributed by atoms with van der Waals surface area (Å²) in [7, 11) is 11.9. The van der Waals surface area contributed by atoms with E-state index in [1.807, 2.05) is 87.7 Å². The number of aliphatic hydroxyl groups excluding tert-OH is 3. The van der Waals surface area contributed by atoms with Crippen LogP contribution in [0.2, 0.25) is 0 Å². The van der Waals surface area contributed by atoms with E-state index in [1.54, 1.807) is 51.8 Å². The summed E-state index contributed by atoms with van der Waals surface area (Å²) in [4.78, 5) is 53.6. The molecular weight excluding hydrogens is 1030 g/mol. The summed E-state index contributed by atoms with van der Waals surface area (Å²) in [5, 5.41) is 56.0. The summed E-state index contributed by atoms with van der Waals surface area (Å²) in [5.41, 5.74) is -0.678. The molecule has 0 bridgehead atoms. The van der Waals surface area contributed by atoms with E-state index in [0.717, 1.165) is 51.3 Å². The Kier molecular flexibility index (Phi) is 37.4. The third-order valence-corrected chi connectivity index (χ3v) is 14.7. The van der Waals surface area contributed by atoms with Crippen LogP contribution < -0.4 is 10.3 Å². The summed E-state index contributed by atoms with van der Waals surface area (Å²) >= 11 is 0. The quantitative estimate of drug-likeness (QED) is 0.0176. The number of esters is 1. The minimum atomic E-state index is -1.73. The molecule has 466 valence electrons. The molecule has 20 heteroatoms. The van der Waals surface area contributed by atoms with Crippen molar-refractivity contribution in [1.29, 1.82) is 0 Å². The van der Waals surface area contributed by atoms with Crippen LogP contribution >= 0.6 is 0 Å². The van der Waals surface area contributed by atoms with Crippen LogP contribution in [0.5, 0.6) is 0 Å². The van der Waals surface area contributed by atoms with E-state index in [0.29, 0.717) is 37.1 Å². The Labute approximate surface area is 481 Å². The van der Waals surface area contributed by atoms with Gasteiger partial charge in [0.25, 0.3) is 0 Å². The summed E-state index contributed by atoms with van der Waals surface area (Å²) < 4.78 is 44.8. The number of hydrogen-bond donors (Lipinski definition) is 6. The van der Waals surface area contributed by atoms with E-state index in [9.17, 15) is 39.6 Å². The number of nitrogens with zero attached hydrogens (tertiary/aromatic N) is 3. The number of Topliss-reactive ketones (excluding diaryl/α,β-unsaturated/α-hetero) is 1. The molecule has 1 aromatic rings. The number of carbonyl (C=O) groups excluding carboxylic acids is 3. The number of anilines is 1. The molecule has 6 N–H and O–H groups in total. The highest BCUT2D eigenvalue weighted by atomic mass is 16.7. The number of nitrogens with one attached hydrogen (secondary N) is 1. The van der Waals surface area contributed by atoms with Crippen molar-refractivity contribution < 1.29 is 77.9 Å². The van der Waals surface area contributed by atoms with Crippen molar-refractivity contribution in [3.8, 4) is 0 Å². The zero-order valence-corrected chi connectivity index (χ0v) is 52.7. The van der Waals surface area contributed by atoms with Gasteiger partial charge in [-0.2, -0.15) is 0 Å². The number of fused-ring (bicyclic) bond motifs is 1. The van der Waals surface area contributed by atoms with Crippen LogP contribution in [0.15, 0.2) is 30.0 Å². The molecule has 0 saturated carbocycles. The predicted octanol–water partition coefficient (Wildman–Crippen LogP) is 7.20. The van der Waals surface area contributed by atoms with Gasteiger partial charge in [0.1, 0.15) is 24.1 Å². The van der Waals surface area contributed by atoms with Crippen LogP contribution in [0.3, 0.4) is 0 Å². The average molecular weight is 1140 g/mol. The van der Waals surface area contributed by atoms with Gasteiger partial charge in [0.15, 0.2) is 18.4 Å². The molecule has 4 unspecified atom stereocenters. The molecule has 0 aliphatic carbocycles. The summed E-state index contributed by atoms with van der Waals surface area (Å²) in [6, 6.07) is 5.74. The Hall–Kier alpha value is -3.48. The van der Waals surface area contributed by atoms with Gasteiger partial charge in [-0.05, 0) is 145 Å². The summed E-state index contributed by atoms with van der Waals surface area (Å²) in [6.45, 7) is 25.8. The van der Waals surface area contributed by atoms with Crippen LogP contribution in [0.1, 0.15) is 164 Å². The van der Waals surface area contributed by atoms with Crippen molar-refractivity contribution >= 4 is 29.7 Å². The molecule has 2 aliphatic rings. The second-order valence-corrected chi connectivity index (χ2v) is 21.7. The van der Waals surface area contributed by atoms with Crippen LogP contribution in [-0.4, -0.2) is 201 Å². The SMILES string of the molecule is CC.CC[C@@H](OC(C)[C@@H](C)OCCCN(C)CCCc1ccc2c(c1)C(=O)CC(C(=O)O)=CN2N(C)C)O[C@H](C(C)C(=O)O[C@H](CC)[C@@](C)(O)[C@H](O)CC)[C@H](C)[C@@H](O[C@@H]1O[C@H](C)CCC1O)C(C)(C[C@@H](C)C=O)OC.CNC.CO. The third-order valence-electron chi connectivity index (χ3n) is 14.7. The Morgan fingerprint density at radius 1 is 0.950 bits per heavy atom. The number of rotatable bonds is 33. The first-order valence-corrected chi connectivity index (χ1v) is 29.0. The lowest BCUT2D eigenvalue weighted by molar-refractivity contribution is -0.300. The predicted molar refractivity (Wildman–Crippen MR) is 312 cm³/mol. The maximum absolute atomic E-state index is 14.3. The normalized spacial score (nSPS) is 21.7. The topological polar surface area (TPSA) is 256 Å². The van der Waals surface area contributed by atoms with Crippen molar-refractivity contribution in [3.63, 3.8) is 0 Å². The molecule has 80 heavy (non-hydrogen) atoms. The molecule has 1 fully saturated rings. The molecule has 0 radical (unpaired) electrons. The van der Waals surface area contributed by atoms with Gasteiger partial charge in [-0.15, -0.1) is 0 Å². The fourth-order valence-corrected chi connectivity index (χ4v) is 9.83. The lowest BCUT2D eigenvalue weighted by Crippen LogP contribution is -2.57. The number of aliphatic hydroxyl groups is 4. The first-order valence-electron chi connectivity index (χ1n) is 29.0. The highest BCUT2D eigenvalue weighted by molar-refractivity contribution is 6.08. The molecule has 2 aliphatic heterocycles. The summed E-state index contributed by atoms with van der Waals surface area (Å²) in [6.07, 6.45) is -1.15. The van der Waals surface area contributed by atoms with Crippen LogP contribution in [0.25, 0.3) is 0 Å².